The van der Waals surface area contributed by atoms with Crippen LogP contribution in [0.1, 0.15) is 240 Å². The van der Waals surface area contributed by atoms with Crippen LogP contribution in [0.5, 0.6) is 23.0 Å². The lowest BCUT2D eigenvalue weighted by molar-refractivity contribution is -0.144. The minimum atomic E-state index is -3.79. The molecule has 4 aliphatic rings. The number of ketones is 4. The minimum Gasteiger partial charge on any atom is -0.491 e. The van der Waals surface area contributed by atoms with Gasteiger partial charge >= 0.3 is 35.4 Å². The van der Waals surface area contributed by atoms with Crippen LogP contribution in [-0.2, 0) is 51.9 Å². The topological polar surface area (TPSA) is 450 Å². The molecule has 0 aliphatic carbocycles. The van der Waals surface area contributed by atoms with Crippen LogP contribution in [0.25, 0.3) is 0 Å². The summed E-state index contributed by atoms with van der Waals surface area (Å²) in [5.74, 6) is -5.85. The standard InChI is InChI=1S/C23H36IN3O6Si.C20H33IN2O4Si.C18H24IN3O8S.C17H22IN3O6/c1-10-15(28)18-20(32-7)19(29)16(24)17-14(25-21(30)22(31)26(5)6)11-13(27(17)18)12-33-34(8,9)23(2,3)4;1-8-9-14(24)17-19(26-5)18(25)15(21)16-13(22)10-12(23(16)17)11-27-28(6,7)20(2,3)4;1-6-11(23)14-16(29-4)15(24)12(19)13-10(20-17(25)18(26)21(2)3)7-9(22(13)14)8-30-31(5,27)28;1-5-10(23)13-15(27-4)14(24)11(18)12-9(6-8(7-22)21(12)13)19-16(25)17(26)20(2)3/h13-14H,10-12H2,1-9H3,(H,25,30);12-13H,8-11,22H2,1-7H3;9-10H,6-8H2,1-5H3,(H,20,25);8-9,22H,5-7H2,1-4H3,(H,19,25)/t13-,14?;12-,13?;9-,10?;8-,9?/m0000/s1. The summed E-state index contributed by atoms with van der Waals surface area (Å²) in [6, 6.07) is -4.09. The Balaban J connectivity index is 0.000000286. The second-order valence-electron chi connectivity index (χ2n) is 32.8. The van der Waals surface area contributed by atoms with Crippen LogP contribution in [0.2, 0.25) is 36.3 Å². The lowest BCUT2D eigenvalue weighted by Crippen LogP contribution is -2.42. The Kier molecular flexibility index (Phi) is 36.9. The number of carbonyl (C=O) groups is 10. The van der Waals surface area contributed by atoms with Gasteiger partial charge in [-0.05, 0) is 159 Å². The molecular weight excluding hydrogens is 2070 g/mol. The molecule has 8 atom stereocenters. The SMILES string of the molecule is CCC(=O)c1c(OC)c(=O)c(I)c2n1[C@H](CO)CC2NC(=O)C(=O)N(C)C.CCC(=O)c1c(OC)c(=O)c(I)c2n1[C@H](COS(C)(=O)=O)CC2NC(=O)C(=O)N(C)C.CCC(=O)c1c(OC)c(=O)c(I)c2n1[C@H](CO[Si](C)(C)C(C)(C)C)CC2NC(=O)C(=O)N(C)C.CCCC(=O)c1c(OC)c(=O)c(I)c2n1[C@H](CO[Si](C)(C)C(C)(C)C)CC2N. The first kappa shape index (κ1) is 104. The van der Waals surface area contributed by atoms with Crippen LogP contribution in [0.3, 0.4) is 0 Å². The summed E-state index contributed by atoms with van der Waals surface area (Å²) < 4.78 is 70.3. The number of carbonyl (C=O) groups excluding carboxylic acids is 10. The molecule has 0 spiro atoms. The Morgan fingerprint density at radius 3 is 0.975 bits per heavy atom. The van der Waals surface area contributed by atoms with Crippen LogP contribution < -0.4 is 62.3 Å². The predicted octanol–water partition coefficient (Wildman–Crippen LogP) is 8.13. The third kappa shape index (κ3) is 22.8. The lowest BCUT2D eigenvalue weighted by atomic mass is 10.1. The number of pyridine rings is 4. The van der Waals surface area contributed by atoms with Crippen LogP contribution >= 0.6 is 90.4 Å². The molecule has 0 saturated heterocycles. The van der Waals surface area contributed by atoms with Gasteiger partial charge in [-0.2, -0.15) is 8.42 Å². The summed E-state index contributed by atoms with van der Waals surface area (Å²) in [6.45, 7) is 28.9. The lowest BCUT2D eigenvalue weighted by Gasteiger charge is -2.37. The van der Waals surface area contributed by atoms with Crippen molar-refractivity contribution in [3.63, 3.8) is 0 Å². The van der Waals surface area contributed by atoms with E-state index in [9.17, 15) is 80.6 Å². The number of likely N-dealkylation sites (N-methyl/N-ethyl adjacent to an activating group) is 3. The molecule has 668 valence electrons. The molecule has 0 fully saturated rings. The number of aromatic nitrogens is 4. The molecular formula is C78H115I4N11O24SSi2. The van der Waals surface area contributed by atoms with E-state index in [0.29, 0.717) is 68.8 Å². The van der Waals surface area contributed by atoms with Gasteiger partial charge in [-0.25, -0.2) is 0 Å². The van der Waals surface area contributed by atoms with Crippen molar-refractivity contribution in [2.24, 2.45) is 5.73 Å². The highest BCUT2D eigenvalue weighted by atomic mass is 127. The van der Waals surface area contributed by atoms with Gasteiger partial charge in [-0.15, -0.1) is 0 Å². The number of methoxy groups -OCH3 is 4. The fourth-order valence-electron chi connectivity index (χ4n) is 13.6. The van der Waals surface area contributed by atoms with Crippen molar-refractivity contribution in [2.45, 2.75) is 212 Å². The summed E-state index contributed by atoms with van der Waals surface area (Å²) in [7, 11) is 6.27. The summed E-state index contributed by atoms with van der Waals surface area (Å²) in [5.41, 5.74) is 7.27. The van der Waals surface area contributed by atoms with E-state index in [1.165, 1.54) is 80.2 Å². The van der Waals surface area contributed by atoms with Gasteiger partial charge in [-0.3, -0.25) is 71.3 Å². The van der Waals surface area contributed by atoms with Crippen molar-refractivity contribution < 1.29 is 93.5 Å². The molecule has 120 heavy (non-hydrogen) atoms. The Morgan fingerprint density at radius 1 is 0.458 bits per heavy atom. The van der Waals surface area contributed by atoms with E-state index in [1.54, 1.807) is 52.5 Å². The molecule has 4 aromatic rings. The van der Waals surface area contributed by atoms with Crippen LogP contribution in [-0.4, -0.2) is 225 Å². The van der Waals surface area contributed by atoms with Gasteiger partial charge in [0.1, 0.15) is 22.8 Å². The van der Waals surface area contributed by atoms with E-state index >= 15 is 0 Å². The number of amides is 6. The number of Topliss-reactive ketones (excluding diaryl/α,β-unsaturated/α-hetero) is 4. The number of aliphatic hydroxyl groups is 1. The molecule has 8 heterocycles. The zero-order valence-corrected chi connectivity index (χ0v) is 84.2. The van der Waals surface area contributed by atoms with Crippen LogP contribution in [0.15, 0.2) is 19.2 Å². The number of ether oxygens (including phenoxy) is 4. The number of hydrogen-bond donors (Lipinski definition) is 5. The molecule has 4 unspecified atom stereocenters. The minimum absolute atomic E-state index is 0.00586. The number of rotatable bonds is 26. The van der Waals surface area contributed by atoms with Gasteiger partial charge in [0, 0.05) is 74.0 Å². The molecule has 0 radical (unpaired) electrons. The molecule has 6 N–H and O–H groups in total. The number of nitrogens with zero attached hydrogens (tertiary/aromatic N) is 7. The zero-order chi connectivity index (χ0) is 91.7. The zero-order valence-electron chi connectivity index (χ0n) is 72.8. The van der Waals surface area contributed by atoms with E-state index in [-0.39, 0.29) is 144 Å². The van der Waals surface area contributed by atoms with E-state index in [1.807, 2.05) is 79.3 Å². The number of fused-ring (bicyclic) bond motifs is 4. The first-order valence-electron chi connectivity index (χ1n) is 38.7. The number of aliphatic hydroxyl groups excluding tert-OH is 1. The molecule has 35 nitrogen and oxygen atoms in total. The fourth-order valence-corrected chi connectivity index (χ4v) is 19.6. The third-order valence-corrected chi connectivity index (χ3v) is 35.6. The Morgan fingerprint density at radius 2 is 0.717 bits per heavy atom. The number of nitrogens with one attached hydrogen (secondary N) is 3. The largest absolute Gasteiger partial charge is 0.491 e. The predicted molar refractivity (Wildman–Crippen MR) is 487 cm³/mol. The maximum absolute atomic E-state index is 13.1. The van der Waals surface area contributed by atoms with Crippen molar-refractivity contribution in [1.82, 2.24) is 48.9 Å². The smallest absolute Gasteiger partial charge is 0.311 e. The summed E-state index contributed by atoms with van der Waals surface area (Å²) in [6.07, 6.45) is 3.72. The van der Waals surface area contributed by atoms with E-state index < -0.39 is 114 Å². The molecule has 42 heteroatoms. The van der Waals surface area contributed by atoms with Crippen molar-refractivity contribution in [3.8, 4) is 23.0 Å². The number of hydrogen-bond acceptors (Lipinski definition) is 25. The summed E-state index contributed by atoms with van der Waals surface area (Å²) in [4.78, 5) is 179. The van der Waals surface area contributed by atoms with Crippen molar-refractivity contribution in [1.29, 1.82) is 0 Å². The van der Waals surface area contributed by atoms with Gasteiger partial charge in [0.2, 0.25) is 21.7 Å². The van der Waals surface area contributed by atoms with Crippen molar-refractivity contribution in [3.05, 3.63) is 101 Å². The van der Waals surface area contributed by atoms with Crippen LogP contribution in [0, 0.1) is 14.3 Å². The average molecular weight is 2190 g/mol. The summed E-state index contributed by atoms with van der Waals surface area (Å²) in [5, 5.41) is 17.9. The highest BCUT2D eigenvalue weighted by Gasteiger charge is 2.47. The molecule has 6 amide bonds. The fraction of sp³-hybridized carbons (Fsp3) is 0.615. The van der Waals surface area contributed by atoms with Gasteiger partial charge in [0.25, 0.3) is 10.1 Å². The Labute approximate surface area is 755 Å². The average Bonchev–Trinajstić information content (AvgIpc) is 1.60. The molecule has 0 aromatic carbocycles. The van der Waals surface area contributed by atoms with Gasteiger partial charge in [0.05, 0.1) is 140 Å². The third-order valence-electron chi connectivity index (χ3n) is 21.8. The van der Waals surface area contributed by atoms with Gasteiger partial charge in [-0.1, -0.05) is 69.2 Å². The first-order chi connectivity index (χ1) is 55.5. The second-order valence-corrected chi connectivity index (χ2v) is 48.4. The number of nitrogens with two attached hydrogens (primary N) is 1. The molecule has 0 saturated carbocycles. The molecule has 8 rings (SSSR count). The highest BCUT2D eigenvalue weighted by molar-refractivity contribution is 14.1. The Bertz CT molecular complexity index is 5010. The monoisotopic (exact) mass is 2190 g/mol. The maximum Gasteiger partial charge on any atom is 0.311 e. The normalized spacial score (nSPS) is 18.3. The maximum atomic E-state index is 13.1. The second kappa shape index (κ2) is 42.5. The molecule has 0 bridgehead atoms. The van der Waals surface area contributed by atoms with Gasteiger partial charge in [0.15, 0.2) is 62.8 Å². The quantitative estimate of drug-likeness (QED) is 0.0130. The number of halogens is 4. The van der Waals surface area contributed by atoms with Crippen molar-refractivity contribution in [2.75, 3.05) is 103 Å². The van der Waals surface area contributed by atoms with Crippen LogP contribution in [0.4, 0.5) is 0 Å². The summed E-state index contributed by atoms with van der Waals surface area (Å²) >= 11 is 7.58. The highest BCUT2D eigenvalue weighted by Crippen LogP contribution is 2.47. The van der Waals surface area contributed by atoms with Gasteiger partial charge < -0.3 is 87.6 Å². The van der Waals surface area contributed by atoms with E-state index in [0.717, 1.165) is 21.7 Å². The van der Waals surface area contributed by atoms with E-state index in [2.05, 4.69) is 83.7 Å². The Hall–Kier alpha value is -6.40. The molecule has 4 aromatic heterocycles. The molecule has 4 aliphatic heterocycles. The van der Waals surface area contributed by atoms with E-state index in [4.69, 9.17) is 37.7 Å². The van der Waals surface area contributed by atoms with Crippen molar-refractivity contribution >= 4 is 176 Å². The first-order valence-corrected chi connectivity index (χ1v) is 50.7.